The molecule has 1 aromatic carbocycles. The van der Waals surface area contributed by atoms with Crippen molar-refractivity contribution in [3.8, 4) is 0 Å². The lowest BCUT2D eigenvalue weighted by molar-refractivity contribution is -0.120. The molecule has 0 saturated heterocycles. The van der Waals surface area contributed by atoms with Gasteiger partial charge in [0.25, 0.3) is 0 Å². The Morgan fingerprint density at radius 3 is 2.88 bits per heavy atom. The average Bonchev–Trinajstić information content (AvgIpc) is 2.31. The lowest BCUT2D eigenvalue weighted by Crippen LogP contribution is -2.31. The molecule has 5 heteroatoms. The molecule has 1 amide bonds. The van der Waals surface area contributed by atoms with E-state index in [1.165, 1.54) is 13.2 Å². The number of rotatable bonds is 6. The Hall–Kier alpha value is -1.46. The monoisotopic (exact) mass is 240 g/mol. The van der Waals surface area contributed by atoms with Crippen molar-refractivity contribution >= 4 is 5.91 Å². The fraction of sp³-hybridized carbons (Fsp3) is 0.417. The third kappa shape index (κ3) is 4.50. The number of benzene rings is 1. The number of carbonyl (C=O) groups excluding carboxylic acids is 1. The zero-order valence-corrected chi connectivity index (χ0v) is 10.0. The molecule has 0 aliphatic rings. The van der Waals surface area contributed by atoms with Gasteiger partial charge >= 0.3 is 0 Å². The summed E-state index contributed by atoms with van der Waals surface area (Å²) < 4.78 is 18.2. The number of nitrogens with one attached hydrogen (secondary N) is 2. The van der Waals surface area contributed by atoms with Crippen molar-refractivity contribution in [2.24, 2.45) is 0 Å². The molecule has 1 rings (SSSR count). The molecule has 0 saturated carbocycles. The van der Waals surface area contributed by atoms with Crippen LogP contribution in [0.25, 0.3) is 0 Å². The van der Waals surface area contributed by atoms with Gasteiger partial charge in [-0.1, -0.05) is 6.07 Å². The molecule has 0 aromatic heterocycles. The molecule has 17 heavy (non-hydrogen) atoms. The first-order chi connectivity index (χ1) is 8.17. The lowest BCUT2D eigenvalue weighted by Gasteiger charge is -2.07. The fourth-order valence-electron chi connectivity index (χ4n) is 1.43. The number of ether oxygens (including phenoxy) is 1. The zero-order valence-electron chi connectivity index (χ0n) is 10.0. The number of likely N-dealkylation sites (N-methyl/N-ethyl adjacent to an activating group) is 1. The van der Waals surface area contributed by atoms with E-state index in [0.29, 0.717) is 12.1 Å². The maximum Gasteiger partial charge on any atom is 0.234 e. The first-order valence-electron chi connectivity index (χ1n) is 5.35. The molecule has 0 unspecified atom stereocenters. The van der Waals surface area contributed by atoms with E-state index in [0.717, 1.165) is 5.56 Å². The number of amides is 1. The molecular formula is C12H17FN2O2. The van der Waals surface area contributed by atoms with E-state index >= 15 is 0 Å². The minimum atomic E-state index is -0.294. The van der Waals surface area contributed by atoms with E-state index in [2.05, 4.69) is 10.6 Å². The molecule has 0 spiro atoms. The Kier molecular flexibility index (Phi) is 5.59. The largest absolute Gasteiger partial charge is 0.380 e. The second kappa shape index (κ2) is 6.98. The number of carbonyl (C=O) groups is 1. The van der Waals surface area contributed by atoms with Gasteiger partial charge in [0.2, 0.25) is 5.91 Å². The predicted molar refractivity (Wildman–Crippen MR) is 62.9 cm³/mol. The highest BCUT2D eigenvalue weighted by Crippen LogP contribution is 2.11. The Morgan fingerprint density at radius 1 is 1.47 bits per heavy atom. The van der Waals surface area contributed by atoms with Crippen molar-refractivity contribution in [2.75, 3.05) is 20.7 Å². The van der Waals surface area contributed by atoms with Crippen LogP contribution < -0.4 is 10.6 Å². The minimum absolute atomic E-state index is 0.0925. The topological polar surface area (TPSA) is 50.4 Å². The van der Waals surface area contributed by atoms with Crippen molar-refractivity contribution in [1.82, 2.24) is 10.6 Å². The van der Waals surface area contributed by atoms with E-state index in [9.17, 15) is 9.18 Å². The third-order valence-corrected chi connectivity index (χ3v) is 2.24. The highest BCUT2D eigenvalue weighted by Gasteiger charge is 2.04. The van der Waals surface area contributed by atoms with Crippen LogP contribution >= 0.6 is 0 Å². The standard InChI is InChI=1S/C12H17FN2O2/c1-14-7-12(16)15-6-9-3-4-11(13)10(5-9)8-17-2/h3-5,14H,6-8H2,1-2H3,(H,15,16). The summed E-state index contributed by atoms with van der Waals surface area (Å²) >= 11 is 0. The van der Waals surface area contributed by atoms with Gasteiger partial charge in [-0.15, -0.1) is 0 Å². The normalized spacial score (nSPS) is 10.3. The summed E-state index contributed by atoms with van der Waals surface area (Å²) in [6.45, 7) is 0.883. The molecule has 0 radical (unpaired) electrons. The molecular weight excluding hydrogens is 223 g/mol. The summed E-state index contributed by atoms with van der Waals surface area (Å²) in [6.07, 6.45) is 0. The molecule has 0 aliphatic heterocycles. The molecule has 0 aliphatic carbocycles. The molecule has 0 bridgehead atoms. The Balaban J connectivity index is 2.59. The summed E-state index contributed by atoms with van der Waals surface area (Å²) in [5.41, 5.74) is 1.34. The van der Waals surface area contributed by atoms with Crippen LogP contribution in [0.4, 0.5) is 4.39 Å². The van der Waals surface area contributed by atoms with Gasteiger partial charge in [-0.05, 0) is 24.7 Å². The number of methoxy groups -OCH3 is 1. The quantitative estimate of drug-likeness (QED) is 0.773. The number of hydrogen-bond donors (Lipinski definition) is 2. The SMILES string of the molecule is CNCC(=O)NCc1ccc(F)c(COC)c1. The lowest BCUT2D eigenvalue weighted by atomic mass is 10.1. The summed E-state index contributed by atoms with van der Waals surface area (Å²) in [4.78, 5) is 11.2. The second-order valence-corrected chi connectivity index (χ2v) is 3.67. The van der Waals surface area contributed by atoms with Crippen molar-refractivity contribution in [1.29, 1.82) is 0 Å². The maximum absolute atomic E-state index is 13.3. The maximum atomic E-state index is 13.3. The van der Waals surface area contributed by atoms with Crippen LogP contribution in [0.3, 0.4) is 0 Å². The van der Waals surface area contributed by atoms with Crippen molar-refractivity contribution < 1.29 is 13.9 Å². The molecule has 4 nitrogen and oxygen atoms in total. The van der Waals surface area contributed by atoms with Gasteiger partial charge in [0.15, 0.2) is 0 Å². The second-order valence-electron chi connectivity index (χ2n) is 3.67. The molecule has 1 aromatic rings. The van der Waals surface area contributed by atoms with Gasteiger partial charge in [-0.25, -0.2) is 4.39 Å². The number of halogens is 1. The Labute approximate surface area is 100 Å². The van der Waals surface area contributed by atoms with Gasteiger partial charge in [-0.2, -0.15) is 0 Å². The van der Waals surface area contributed by atoms with Crippen LogP contribution in [0.5, 0.6) is 0 Å². The molecule has 2 N–H and O–H groups in total. The van der Waals surface area contributed by atoms with Gasteiger partial charge in [0, 0.05) is 19.2 Å². The minimum Gasteiger partial charge on any atom is -0.380 e. The van der Waals surface area contributed by atoms with Crippen LogP contribution in [0, 0.1) is 5.82 Å². The zero-order chi connectivity index (χ0) is 12.7. The average molecular weight is 240 g/mol. The van der Waals surface area contributed by atoms with Crippen LogP contribution in [-0.2, 0) is 22.7 Å². The highest BCUT2D eigenvalue weighted by molar-refractivity contribution is 5.77. The predicted octanol–water partition coefficient (Wildman–Crippen LogP) is 0.808. The summed E-state index contributed by atoms with van der Waals surface area (Å²) in [5, 5.41) is 5.48. The van der Waals surface area contributed by atoms with Crippen LogP contribution in [0.2, 0.25) is 0 Å². The molecule has 94 valence electrons. The molecule has 0 heterocycles. The highest BCUT2D eigenvalue weighted by atomic mass is 19.1. The van der Waals surface area contributed by atoms with Crippen LogP contribution in [0.15, 0.2) is 18.2 Å². The van der Waals surface area contributed by atoms with E-state index in [1.54, 1.807) is 19.2 Å². The Bertz CT molecular complexity index is 383. The Morgan fingerprint density at radius 2 is 2.24 bits per heavy atom. The molecule has 0 atom stereocenters. The third-order valence-electron chi connectivity index (χ3n) is 2.24. The van der Waals surface area contributed by atoms with Gasteiger partial charge < -0.3 is 15.4 Å². The molecule has 0 fully saturated rings. The fourth-order valence-corrected chi connectivity index (χ4v) is 1.43. The van der Waals surface area contributed by atoms with E-state index in [4.69, 9.17) is 4.74 Å². The van der Waals surface area contributed by atoms with E-state index < -0.39 is 0 Å². The van der Waals surface area contributed by atoms with E-state index in [-0.39, 0.29) is 24.9 Å². The van der Waals surface area contributed by atoms with Crippen molar-refractivity contribution in [2.45, 2.75) is 13.2 Å². The first kappa shape index (κ1) is 13.6. The van der Waals surface area contributed by atoms with Crippen LogP contribution in [0.1, 0.15) is 11.1 Å². The smallest absolute Gasteiger partial charge is 0.234 e. The summed E-state index contributed by atoms with van der Waals surface area (Å²) in [7, 11) is 3.22. The van der Waals surface area contributed by atoms with Gasteiger partial charge in [0.1, 0.15) is 5.82 Å². The van der Waals surface area contributed by atoms with Crippen molar-refractivity contribution in [3.05, 3.63) is 35.1 Å². The van der Waals surface area contributed by atoms with Crippen LogP contribution in [-0.4, -0.2) is 26.6 Å². The summed E-state index contributed by atoms with van der Waals surface area (Å²) in [5.74, 6) is -0.387. The van der Waals surface area contributed by atoms with Gasteiger partial charge in [-0.3, -0.25) is 4.79 Å². The summed E-state index contributed by atoms with van der Waals surface area (Å²) in [6, 6.07) is 4.72. The van der Waals surface area contributed by atoms with Crippen molar-refractivity contribution in [3.63, 3.8) is 0 Å². The first-order valence-corrected chi connectivity index (χ1v) is 5.35. The van der Waals surface area contributed by atoms with Gasteiger partial charge in [0.05, 0.1) is 13.2 Å². The van der Waals surface area contributed by atoms with E-state index in [1.807, 2.05) is 0 Å². The number of hydrogen-bond acceptors (Lipinski definition) is 3.